The second-order valence-electron chi connectivity index (χ2n) is 0.577. The summed E-state index contributed by atoms with van der Waals surface area (Å²) in [5, 5.41) is 0. The Kier molecular flexibility index (Phi) is 15.9. The van der Waals surface area contributed by atoms with Gasteiger partial charge in [0.05, 0.1) is 0 Å². The predicted octanol–water partition coefficient (Wildman–Crippen LogP) is 0.213. The lowest BCUT2D eigenvalue weighted by Gasteiger charge is -1.57. The van der Waals surface area contributed by atoms with Crippen LogP contribution >= 0.6 is 0 Å². The molecule has 0 heterocycles. The molecule has 0 aromatic heterocycles. The van der Waals surface area contributed by atoms with Gasteiger partial charge in [0.15, 0.2) is 17.4 Å². The van der Waals surface area contributed by atoms with Gasteiger partial charge in [-0.3, -0.25) is 0 Å². The number of allylic oxidation sites excluding steroid dienone is 1. The zero-order chi connectivity index (χ0) is 3.41. The molecule has 0 spiro atoms. The molecule has 0 aliphatic rings. The summed E-state index contributed by atoms with van der Waals surface area (Å²) in [6, 6.07) is 0. The molecule has 1 heteroatoms. The monoisotopic (exact) mass is 85.1 g/mol. The largest absolute Gasteiger partial charge is 0.187 e. The Labute approximate surface area is 44.0 Å². The van der Waals surface area contributed by atoms with Gasteiger partial charge in [-0.25, -0.2) is 0 Å². The molecular formula is C4H10Al. The lowest BCUT2D eigenvalue weighted by Crippen LogP contribution is -1.37. The molecule has 0 atom stereocenters. The summed E-state index contributed by atoms with van der Waals surface area (Å²) in [5.74, 6) is 0. The summed E-state index contributed by atoms with van der Waals surface area (Å²) in [6.07, 6.45) is 2.60. The zero-order valence-corrected chi connectivity index (χ0v) is 2.70. The molecular weight excluding hydrogens is 75.0 g/mol. The van der Waals surface area contributed by atoms with Crippen LogP contribution in [0.15, 0.2) is 12.7 Å². The highest BCUT2D eigenvalue weighted by molar-refractivity contribution is 5.75. The lowest BCUT2D eigenvalue weighted by molar-refractivity contribution is 1.42. The van der Waals surface area contributed by atoms with Crippen molar-refractivity contribution in [1.82, 2.24) is 0 Å². The van der Waals surface area contributed by atoms with Gasteiger partial charge in [-0.05, 0) is 13.3 Å². The van der Waals surface area contributed by atoms with Crippen molar-refractivity contribution in [2.45, 2.75) is 6.42 Å². The fourth-order valence-electron chi connectivity index (χ4n) is 0. The normalized spacial score (nSPS) is 5.00. The lowest BCUT2D eigenvalue weighted by atomic mass is 10.5. The second kappa shape index (κ2) is 8.86. The minimum absolute atomic E-state index is 0. The average Bonchev–Trinajstić information content (AvgIpc) is 1.37. The molecule has 0 amide bonds. The fourth-order valence-corrected chi connectivity index (χ4v) is 0. The first-order valence-electron chi connectivity index (χ1n) is 1.32. The summed E-state index contributed by atoms with van der Waals surface area (Å²) in [5.41, 5.74) is 0. The topological polar surface area (TPSA) is 0 Å². The van der Waals surface area contributed by atoms with Crippen molar-refractivity contribution in [3.63, 3.8) is 0 Å². The molecule has 0 unspecified atom stereocenters. The first-order chi connectivity index (χ1) is 1.91. The van der Waals surface area contributed by atoms with E-state index in [1.807, 2.05) is 0 Å². The molecule has 0 fully saturated rings. The molecule has 0 aliphatic carbocycles. The summed E-state index contributed by atoms with van der Waals surface area (Å²) in [7, 11) is 0. The summed E-state index contributed by atoms with van der Waals surface area (Å²) >= 11 is 0. The average molecular weight is 85.1 g/mol. The first-order valence-corrected chi connectivity index (χ1v) is 1.32. The van der Waals surface area contributed by atoms with Crippen molar-refractivity contribution >= 4 is 17.4 Å². The molecule has 29 valence electrons. The maximum Gasteiger partial charge on any atom is 0.187 e. The van der Waals surface area contributed by atoms with E-state index in [0.29, 0.717) is 0 Å². The van der Waals surface area contributed by atoms with E-state index in [1.54, 1.807) is 6.08 Å². The molecule has 0 saturated carbocycles. The van der Waals surface area contributed by atoms with Gasteiger partial charge < -0.3 is 0 Å². The highest BCUT2D eigenvalue weighted by atomic mass is 27.0. The van der Waals surface area contributed by atoms with Gasteiger partial charge in [-0.15, -0.1) is 6.58 Å². The number of hydrogen-bond donors (Lipinski definition) is 0. The Morgan fingerprint density at radius 1 is 1.60 bits per heavy atom. The molecule has 0 saturated heterocycles. The second-order valence-corrected chi connectivity index (χ2v) is 0.577. The van der Waals surface area contributed by atoms with Crippen LogP contribution < -0.4 is 0 Å². The highest BCUT2D eigenvalue weighted by Crippen LogP contribution is 1.65. The van der Waals surface area contributed by atoms with E-state index in [2.05, 4.69) is 13.5 Å². The van der Waals surface area contributed by atoms with Crippen LogP contribution in [0, 0.1) is 6.92 Å². The van der Waals surface area contributed by atoms with Crippen LogP contribution in [0.3, 0.4) is 0 Å². The van der Waals surface area contributed by atoms with Crippen LogP contribution in [0.2, 0.25) is 0 Å². The van der Waals surface area contributed by atoms with Gasteiger partial charge >= 0.3 is 0 Å². The maximum atomic E-state index is 3.49. The summed E-state index contributed by atoms with van der Waals surface area (Å²) in [6.45, 7) is 6.90. The minimum Gasteiger partial charge on any atom is -0.103 e. The van der Waals surface area contributed by atoms with Crippen molar-refractivity contribution in [3.05, 3.63) is 19.6 Å². The van der Waals surface area contributed by atoms with Crippen molar-refractivity contribution in [2.24, 2.45) is 0 Å². The molecule has 0 aliphatic heterocycles. The van der Waals surface area contributed by atoms with Crippen LogP contribution in [0.4, 0.5) is 0 Å². The summed E-state index contributed by atoms with van der Waals surface area (Å²) < 4.78 is 0. The zero-order valence-electron chi connectivity index (χ0n) is 2.70. The van der Waals surface area contributed by atoms with Crippen LogP contribution in [0.5, 0.6) is 0 Å². The van der Waals surface area contributed by atoms with E-state index in [9.17, 15) is 0 Å². The molecule has 1 radical (unpaired) electrons. The van der Waals surface area contributed by atoms with E-state index >= 15 is 0 Å². The predicted molar refractivity (Wildman–Crippen MR) is 30.1 cm³/mol. The summed E-state index contributed by atoms with van der Waals surface area (Å²) in [4.78, 5) is 0. The quantitative estimate of drug-likeness (QED) is 0.315. The third-order valence-corrected chi connectivity index (χ3v) is 0.204. The highest BCUT2D eigenvalue weighted by Gasteiger charge is 1.45. The smallest absolute Gasteiger partial charge is 0.103 e. The molecule has 0 aromatic rings. The molecule has 0 rings (SSSR count). The van der Waals surface area contributed by atoms with Crippen LogP contribution in [0.25, 0.3) is 0 Å². The van der Waals surface area contributed by atoms with Crippen LogP contribution in [-0.4, -0.2) is 17.4 Å². The van der Waals surface area contributed by atoms with Gasteiger partial charge in [0.2, 0.25) is 0 Å². The molecule has 0 nitrogen and oxygen atoms in total. The Bertz CT molecular complexity index is 17.6. The Morgan fingerprint density at radius 2 is 1.80 bits per heavy atom. The van der Waals surface area contributed by atoms with Gasteiger partial charge in [0.1, 0.15) is 0 Å². The van der Waals surface area contributed by atoms with E-state index in [0.717, 1.165) is 6.42 Å². The van der Waals surface area contributed by atoms with E-state index in [1.165, 1.54) is 0 Å². The third-order valence-electron chi connectivity index (χ3n) is 0.204. The van der Waals surface area contributed by atoms with E-state index < -0.39 is 0 Å². The van der Waals surface area contributed by atoms with Crippen LogP contribution in [-0.2, 0) is 0 Å². The molecule has 0 N–H and O–H groups in total. The Morgan fingerprint density at radius 3 is 1.80 bits per heavy atom. The van der Waals surface area contributed by atoms with Crippen LogP contribution in [0.1, 0.15) is 6.42 Å². The Hall–Kier alpha value is 0.272. The number of hydrogen-bond acceptors (Lipinski definition) is 0. The standard InChI is InChI=1S/C4H7.Al.3H/c1-3-4-2;;;;/h3H,1-2,4H2;;;;. The minimum atomic E-state index is 0. The molecule has 0 bridgehead atoms. The SMILES string of the molecule is [AlH3].[CH2]CC=C. The van der Waals surface area contributed by atoms with Gasteiger partial charge in [0, 0.05) is 0 Å². The fraction of sp³-hybridized carbons (Fsp3) is 0.250. The maximum absolute atomic E-state index is 3.49. The van der Waals surface area contributed by atoms with Gasteiger partial charge in [-0.1, -0.05) is 6.08 Å². The third kappa shape index (κ3) is 13.6. The van der Waals surface area contributed by atoms with Gasteiger partial charge in [-0.2, -0.15) is 0 Å². The first kappa shape index (κ1) is 8.99. The number of rotatable bonds is 1. The molecule has 0 aromatic carbocycles. The van der Waals surface area contributed by atoms with Crippen molar-refractivity contribution < 1.29 is 0 Å². The van der Waals surface area contributed by atoms with Gasteiger partial charge in [0.25, 0.3) is 0 Å². The van der Waals surface area contributed by atoms with Crippen molar-refractivity contribution in [2.75, 3.05) is 0 Å². The Balaban J connectivity index is 0. The van der Waals surface area contributed by atoms with E-state index in [4.69, 9.17) is 0 Å². The van der Waals surface area contributed by atoms with E-state index in [-0.39, 0.29) is 17.4 Å². The van der Waals surface area contributed by atoms with Crippen molar-refractivity contribution in [1.29, 1.82) is 0 Å². The van der Waals surface area contributed by atoms with Crippen molar-refractivity contribution in [3.8, 4) is 0 Å². The molecule has 5 heavy (non-hydrogen) atoms.